The summed E-state index contributed by atoms with van der Waals surface area (Å²) in [6, 6.07) is 90.0. The number of aromatic nitrogens is 2. The molecule has 0 bridgehead atoms. The molecule has 0 aliphatic rings. The fourth-order valence-electron chi connectivity index (χ4n) is 9.63. The van der Waals surface area contributed by atoms with E-state index in [2.05, 4.69) is 263 Å². The third kappa shape index (κ3) is 6.21. The van der Waals surface area contributed by atoms with E-state index in [1.54, 1.807) is 0 Å². The van der Waals surface area contributed by atoms with Crippen LogP contribution in [0.1, 0.15) is 0 Å². The van der Waals surface area contributed by atoms with E-state index < -0.39 is 0 Å². The number of hydrogen-bond donors (Lipinski definition) is 0. The summed E-state index contributed by atoms with van der Waals surface area (Å²) >= 11 is 0. The smallest absolute Gasteiger partial charge is 0.0641 e. The molecule has 3 heteroatoms. The van der Waals surface area contributed by atoms with Gasteiger partial charge in [-0.05, 0) is 107 Å². The molecular weight excluding hydrogens is 763 g/mol. The van der Waals surface area contributed by atoms with Crippen molar-refractivity contribution < 1.29 is 0 Å². The van der Waals surface area contributed by atoms with E-state index in [4.69, 9.17) is 0 Å². The quantitative estimate of drug-likeness (QED) is 0.149. The van der Waals surface area contributed by atoms with E-state index in [0.717, 1.165) is 28.4 Å². The molecule has 0 atom stereocenters. The normalized spacial score (nSPS) is 11.5. The van der Waals surface area contributed by atoms with Crippen molar-refractivity contribution >= 4 is 60.7 Å². The highest BCUT2D eigenvalue weighted by molar-refractivity contribution is 6.26. The Labute approximate surface area is 366 Å². The Kier molecular flexibility index (Phi) is 8.83. The highest BCUT2D eigenvalue weighted by atomic mass is 15.1. The molecule has 0 radical (unpaired) electrons. The van der Waals surface area contributed by atoms with Crippen LogP contribution in [0.25, 0.3) is 88.4 Å². The van der Waals surface area contributed by atoms with Crippen LogP contribution in [0.3, 0.4) is 0 Å². The van der Waals surface area contributed by atoms with Crippen LogP contribution in [-0.2, 0) is 0 Å². The van der Waals surface area contributed by atoms with Crippen molar-refractivity contribution in [3.8, 4) is 44.8 Å². The summed E-state index contributed by atoms with van der Waals surface area (Å²) in [4.78, 5) is 2.39. The minimum atomic E-state index is 1.08. The van der Waals surface area contributed by atoms with Crippen LogP contribution in [0.15, 0.2) is 249 Å². The first-order chi connectivity index (χ1) is 31.3. The topological polar surface area (TPSA) is 13.1 Å². The van der Waals surface area contributed by atoms with Gasteiger partial charge in [-0.25, -0.2) is 0 Å². The second-order valence-corrected chi connectivity index (χ2v) is 16.1. The van der Waals surface area contributed by atoms with Gasteiger partial charge in [0, 0.05) is 49.9 Å². The van der Waals surface area contributed by atoms with Gasteiger partial charge in [0.15, 0.2) is 0 Å². The summed E-state index contributed by atoms with van der Waals surface area (Å²) in [6.07, 6.45) is 0. The molecule has 0 aliphatic carbocycles. The lowest BCUT2D eigenvalue weighted by Crippen LogP contribution is -2.11. The Hall–Kier alpha value is -8.40. The van der Waals surface area contributed by atoms with Gasteiger partial charge in [0.2, 0.25) is 0 Å². The molecule has 0 saturated heterocycles. The Morgan fingerprint density at radius 1 is 0.286 bits per heavy atom. The summed E-state index contributed by atoms with van der Waals surface area (Å²) in [5, 5.41) is 4.95. The average molecular weight is 804 g/mol. The number of fused-ring (bicyclic) bond motifs is 7. The van der Waals surface area contributed by atoms with Gasteiger partial charge in [0.05, 0.1) is 27.8 Å². The number of para-hydroxylation sites is 3. The van der Waals surface area contributed by atoms with Gasteiger partial charge >= 0.3 is 0 Å². The molecule has 0 unspecified atom stereocenters. The summed E-state index contributed by atoms with van der Waals surface area (Å²) in [5.74, 6) is 0. The fraction of sp³-hybridized carbons (Fsp3) is 0. The van der Waals surface area contributed by atoms with Gasteiger partial charge < -0.3 is 14.0 Å². The predicted octanol–water partition coefficient (Wildman–Crippen LogP) is 16.4. The first kappa shape index (κ1) is 36.5. The van der Waals surface area contributed by atoms with Crippen molar-refractivity contribution in [3.05, 3.63) is 249 Å². The molecule has 2 aromatic heterocycles. The maximum absolute atomic E-state index is 2.48. The zero-order valence-electron chi connectivity index (χ0n) is 34.5. The van der Waals surface area contributed by atoms with Crippen LogP contribution in [0, 0.1) is 0 Å². The molecule has 3 nitrogen and oxygen atoms in total. The number of rotatable bonds is 8. The van der Waals surface area contributed by atoms with Crippen molar-refractivity contribution in [1.82, 2.24) is 9.13 Å². The van der Waals surface area contributed by atoms with E-state index in [9.17, 15) is 0 Å². The summed E-state index contributed by atoms with van der Waals surface area (Å²) < 4.78 is 4.90. The van der Waals surface area contributed by atoms with Gasteiger partial charge in [-0.15, -0.1) is 0 Å². The average Bonchev–Trinajstić information content (AvgIpc) is 3.89. The Morgan fingerprint density at radius 3 is 1.43 bits per heavy atom. The molecule has 0 aliphatic heterocycles. The van der Waals surface area contributed by atoms with Gasteiger partial charge in [0.1, 0.15) is 0 Å². The van der Waals surface area contributed by atoms with Crippen LogP contribution in [-0.4, -0.2) is 9.13 Å². The van der Waals surface area contributed by atoms with E-state index in [0.29, 0.717) is 0 Å². The molecule has 0 amide bonds. The van der Waals surface area contributed by atoms with E-state index in [-0.39, 0.29) is 0 Å². The van der Waals surface area contributed by atoms with E-state index in [1.165, 1.54) is 77.0 Å². The molecule has 296 valence electrons. The molecule has 0 spiro atoms. The molecule has 0 saturated carbocycles. The molecule has 10 aromatic carbocycles. The van der Waals surface area contributed by atoms with Crippen molar-refractivity contribution in [3.63, 3.8) is 0 Å². The second-order valence-electron chi connectivity index (χ2n) is 16.1. The van der Waals surface area contributed by atoms with Gasteiger partial charge in [-0.3, -0.25) is 0 Å². The number of anilines is 3. The minimum absolute atomic E-state index is 1.08. The zero-order valence-corrected chi connectivity index (χ0v) is 34.5. The van der Waals surface area contributed by atoms with Crippen LogP contribution >= 0.6 is 0 Å². The fourth-order valence-corrected chi connectivity index (χ4v) is 9.63. The van der Waals surface area contributed by atoms with E-state index >= 15 is 0 Å². The first-order valence-corrected chi connectivity index (χ1v) is 21.6. The van der Waals surface area contributed by atoms with Gasteiger partial charge in [0.25, 0.3) is 0 Å². The van der Waals surface area contributed by atoms with Crippen molar-refractivity contribution in [2.24, 2.45) is 0 Å². The summed E-state index contributed by atoms with van der Waals surface area (Å²) in [7, 11) is 0. The van der Waals surface area contributed by atoms with Gasteiger partial charge in [-0.2, -0.15) is 0 Å². The molecule has 63 heavy (non-hydrogen) atoms. The highest BCUT2D eigenvalue weighted by Crippen LogP contribution is 2.45. The Morgan fingerprint density at radius 2 is 0.762 bits per heavy atom. The lowest BCUT2D eigenvalue weighted by molar-refractivity contribution is 1.17. The molecule has 12 rings (SSSR count). The molecule has 2 heterocycles. The minimum Gasteiger partial charge on any atom is -0.310 e. The number of hydrogen-bond acceptors (Lipinski definition) is 1. The van der Waals surface area contributed by atoms with Crippen LogP contribution in [0.2, 0.25) is 0 Å². The van der Waals surface area contributed by atoms with Crippen LogP contribution < -0.4 is 4.90 Å². The molecule has 0 N–H and O–H groups in total. The second kappa shape index (κ2) is 15.3. The van der Waals surface area contributed by atoms with Crippen LogP contribution in [0.4, 0.5) is 17.1 Å². The van der Waals surface area contributed by atoms with Crippen molar-refractivity contribution in [2.45, 2.75) is 0 Å². The third-order valence-corrected chi connectivity index (χ3v) is 12.5. The molecule has 0 fully saturated rings. The monoisotopic (exact) mass is 803 g/mol. The third-order valence-electron chi connectivity index (χ3n) is 12.5. The maximum atomic E-state index is 2.48. The number of nitrogens with zero attached hydrogens (tertiary/aromatic N) is 3. The zero-order chi connectivity index (χ0) is 41.7. The van der Waals surface area contributed by atoms with Crippen molar-refractivity contribution in [2.75, 3.05) is 4.90 Å². The maximum Gasteiger partial charge on any atom is 0.0641 e. The molecular formula is C60H41N3. The highest BCUT2D eigenvalue weighted by Gasteiger charge is 2.22. The first-order valence-electron chi connectivity index (χ1n) is 21.6. The molecule has 12 aromatic rings. The summed E-state index contributed by atoms with van der Waals surface area (Å²) in [6.45, 7) is 0. The van der Waals surface area contributed by atoms with Gasteiger partial charge in [-0.1, -0.05) is 170 Å². The summed E-state index contributed by atoms with van der Waals surface area (Å²) in [5.41, 5.74) is 17.4. The van der Waals surface area contributed by atoms with E-state index in [1.807, 2.05) is 0 Å². The lowest BCUT2D eigenvalue weighted by atomic mass is 9.96. The Balaban J connectivity index is 1.04. The largest absolute Gasteiger partial charge is 0.310 e. The lowest BCUT2D eigenvalue weighted by Gasteiger charge is -2.28. The van der Waals surface area contributed by atoms with Crippen LogP contribution in [0.5, 0.6) is 0 Å². The predicted molar refractivity (Wildman–Crippen MR) is 266 cm³/mol. The van der Waals surface area contributed by atoms with Crippen molar-refractivity contribution in [1.29, 1.82) is 0 Å². The number of benzene rings is 10. The standard InChI is InChI=1S/C60H41N3/c1-5-17-42(18-6-1)44-29-32-49(33-30-44)62-56-28-16-14-26-53(56)59-58(62)40-38-52-51-25-13-15-27-55(51)63(60(52)59)50-36-34-48(35-37-50)61(47-23-11-4-12-24-47)57-39-31-46(43-19-7-2-8-20-43)41-54(57)45-21-9-3-10-22-45/h1-41H. The Bertz CT molecular complexity index is 3570. The SMILES string of the molecule is c1ccc(-c2ccc(-n3c4ccccc4c4c3ccc3c5ccccc5n(-c5ccc(N(c6ccccc6)c6ccc(-c7ccccc7)cc6-c6ccccc6)cc5)c34)cc2)cc1.